The maximum absolute atomic E-state index is 15.0. The SMILES string of the molecule is COc1ccc(Cc2c(F)cc(CCO)cc2O[C@@H]2O[C@H]([C@@H](C)O)[C@@H](O)[C@H](O)[C@H]2O)cc1. The smallest absolute Gasteiger partial charge is 0.229 e. The molecule has 0 aromatic heterocycles. The number of hydrogen-bond acceptors (Lipinski definition) is 8. The highest BCUT2D eigenvalue weighted by atomic mass is 19.1. The van der Waals surface area contributed by atoms with Gasteiger partial charge in [0.2, 0.25) is 6.29 Å². The van der Waals surface area contributed by atoms with Crippen LogP contribution in [0.2, 0.25) is 0 Å². The Morgan fingerprint density at radius 3 is 2.31 bits per heavy atom. The quantitative estimate of drug-likeness (QED) is 0.392. The van der Waals surface area contributed by atoms with Crippen molar-refractivity contribution in [1.29, 1.82) is 0 Å². The van der Waals surface area contributed by atoms with Crippen molar-refractivity contribution in [2.75, 3.05) is 13.7 Å². The molecule has 0 unspecified atom stereocenters. The summed E-state index contributed by atoms with van der Waals surface area (Å²) in [7, 11) is 1.54. The summed E-state index contributed by atoms with van der Waals surface area (Å²) in [4.78, 5) is 0. The van der Waals surface area contributed by atoms with E-state index in [0.717, 1.165) is 5.56 Å². The minimum atomic E-state index is -1.64. The van der Waals surface area contributed by atoms with E-state index in [1.807, 2.05) is 0 Å². The second kappa shape index (κ2) is 10.6. The first-order valence-electron chi connectivity index (χ1n) is 10.3. The molecule has 176 valence electrons. The van der Waals surface area contributed by atoms with E-state index >= 15 is 4.39 Å². The molecule has 9 heteroatoms. The molecule has 0 spiro atoms. The van der Waals surface area contributed by atoms with E-state index in [0.29, 0.717) is 11.3 Å². The van der Waals surface area contributed by atoms with Gasteiger partial charge in [0, 0.05) is 18.6 Å². The maximum atomic E-state index is 15.0. The largest absolute Gasteiger partial charge is 0.497 e. The minimum absolute atomic E-state index is 0.0567. The molecule has 6 atom stereocenters. The van der Waals surface area contributed by atoms with Gasteiger partial charge in [0.05, 0.1) is 13.2 Å². The third-order valence-corrected chi connectivity index (χ3v) is 5.48. The molecule has 0 saturated carbocycles. The average Bonchev–Trinajstić information content (AvgIpc) is 2.76. The Bertz CT molecular complexity index is 888. The minimum Gasteiger partial charge on any atom is -0.497 e. The molecule has 1 aliphatic rings. The normalized spacial score (nSPS) is 26.6. The van der Waals surface area contributed by atoms with Gasteiger partial charge in [0.25, 0.3) is 0 Å². The molecule has 0 aliphatic carbocycles. The van der Waals surface area contributed by atoms with Crippen LogP contribution in [0.4, 0.5) is 4.39 Å². The van der Waals surface area contributed by atoms with Gasteiger partial charge in [-0.1, -0.05) is 12.1 Å². The van der Waals surface area contributed by atoms with E-state index < -0.39 is 42.6 Å². The summed E-state index contributed by atoms with van der Waals surface area (Å²) in [5.41, 5.74) is 1.42. The summed E-state index contributed by atoms with van der Waals surface area (Å²) in [6.07, 6.45) is -8.31. The lowest BCUT2D eigenvalue weighted by Crippen LogP contribution is -2.61. The molecule has 2 aromatic rings. The molecule has 3 rings (SSSR count). The van der Waals surface area contributed by atoms with E-state index in [1.165, 1.54) is 19.1 Å². The molecule has 5 N–H and O–H groups in total. The van der Waals surface area contributed by atoms with Crippen LogP contribution in [-0.4, -0.2) is 76.1 Å². The molecular formula is C23H29FO8. The van der Waals surface area contributed by atoms with Gasteiger partial charge in [-0.2, -0.15) is 0 Å². The number of halogens is 1. The Balaban J connectivity index is 1.93. The first-order chi connectivity index (χ1) is 15.2. The molecule has 1 fully saturated rings. The molecule has 0 radical (unpaired) electrons. The van der Waals surface area contributed by atoms with Crippen LogP contribution >= 0.6 is 0 Å². The topological polar surface area (TPSA) is 129 Å². The van der Waals surface area contributed by atoms with Crippen LogP contribution in [0, 0.1) is 5.82 Å². The number of benzene rings is 2. The Morgan fingerprint density at radius 1 is 1.03 bits per heavy atom. The van der Waals surface area contributed by atoms with Crippen LogP contribution < -0.4 is 9.47 Å². The molecule has 0 bridgehead atoms. The third-order valence-electron chi connectivity index (χ3n) is 5.48. The van der Waals surface area contributed by atoms with Gasteiger partial charge in [0.1, 0.15) is 41.7 Å². The zero-order valence-corrected chi connectivity index (χ0v) is 17.9. The average molecular weight is 452 g/mol. The molecule has 1 aliphatic heterocycles. The highest BCUT2D eigenvalue weighted by Crippen LogP contribution is 2.32. The van der Waals surface area contributed by atoms with Crippen molar-refractivity contribution in [2.45, 2.75) is 56.6 Å². The fourth-order valence-corrected chi connectivity index (χ4v) is 3.66. The Kier molecular flexibility index (Phi) is 8.05. The van der Waals surface area contributed by atoms with Crippen molar-refractivity contribution in [3.63, 3.8) is 0 Å². The van der Waals surface area contributed by atoms with Crippen molar-refractivity contribution in [1.82, 2.24) is 0 Å². The number of aliphatic hydroxyl groups is 5. The highest BCUT2D eigenvalue weighted by Gasteiger charge is 2.46. The van der Waals surface area contributed by atoms with Crippen LogP contribution in [0.25, 0.3) is 0 Å². The van der Waals surface area contributed by atoms with Crippen LogP contribution in [0.3, 0.4) is 0 Å². The van der Waals surface area contributed by atoms with Gasteiger partial charge in [-0.3, -0.25) is 0 Å². The molecule has 1 saturated heterocycles. The molecule has 8 nitrogen and oxygen atoms in total. The number of hydrogen-bond donors (Lipinski definition) is 5. The van der Waals surface area contributed by atoms with E-state index in [-0.39, 0.29) is 30.8 Å². The number of ether oxygens (including phenoxy) is 3. The van der Waals surface area contributed by atoms with Crippen LogP contribution in [0.5, 0.6) is 11.5 Å². The Labute approximate surface area is 185 Å². The molecule has 0 amide bonds. The van der Waals surface area contributed by atoms with Gasteiger partial charge in [-0.25, -0.2) is 4.39 Å². The predicted molar refractivity (Wildman–Crippen MR) is 112 cm³/mol. The van der Waals surface area contributed by atoms with Gasteiger partial charge in [0.15, 0.2) is 0 Å². The van der Waals surface area contributed by atoms with Gasteiger partial charge < -0.3 is 39.7 Å². The fourth-order valence-electron chi connectivity index (χ4n) is 3.66. The maximum Gasteiger partial charge on any atom is 0.229 e. The molecular weight excluding hydrogens is 423 g/mol. The monoisotopic (exact) mass is 452 g/mol. The number of rotatable bonds is 8. The van der Waals surface area contributed by atoms with E-state index in [9.17, 15) is 25.5 Å². The van der Waals surface area contributed by atoms with Gasteiger partial charge in [-0.15, -0.1) is 0 Å². The van der Waals surface area contributed by atoms with E-state index in [2.05, 4.69) is 0 Å². The summed E-state index contributed by atoms with van der Waals surface area (Å²) in [5.74, 6) is 0.139. The summed E-state index contributed by atoms with van der Waals surface area (Å²) < 4.78 is 31.5. The third kappa shape index (κ3) is 5.37. The van der Waals surface area contributed by atoms with E-state index in [4.69, 9.17) is 14.2 Å². The zero-order chi connectivity index (χ0) is 23.4. The molecule has 32 heavy (non-hydrogen) atoms. The van der Waals surface area contributed by atoms with Crippen molar-refractivity contribution in [3.05, 3.63) is 58.9 Å². The molecule has 1 heterocycles. The van der Waals surface area contributed by atoms with Crippen LogP contribution in [0.15, 0.2) is 36.4 Å². The van der Waals surface area contributed by atoms with Gasteiger partial charge >= 0.3 is 0 Å². The van der Waals surface area contributed by atoms with Crippen molar-refractivity contribution in [2.24, 2.45) is 0 Å². The molecule has 2 aromatic carbocycles. The summed E-state index contributed by atoms with van der Waals surface area (Å²) in [6, 6.07) is 9.87. The van der Waals surface area contributed by atoms with Crippen LogP contribution in [-0.2, 0) is 17.6 Å². The highest BCUT2D eigenvalue weighted by molar-refractivity contribution is 5.43. The summed E-state index contributed by atoms with van der Waals surface area (Å²) >= 11 is 0. The lowest BCUT2D eigenvalue weighted by atomic mass is 9.96. The first kappa shape index (κ1) is 24.4. The van der Waals surface area contributed by atoms with Gasteiger partial charge in [-0.05, 0) is 48.7 Å². The number of aliphatic hydroxyl groups excluding tert-OH is 5. The lowest BCUT2D eigenvalue weighted by molar-refractivity contribution is -0.286. The summed E-state index contributed by atoms with van der Waals surface area (Å²) in [5, 5.41) is 49.7. The second-order valence-electron chi connectivity index (χ2n) is 7.85. The fraction of sp³-hybridized carbons (Fsp3) is 0.478. The summed E-state index contributed by atoms with van der Waals surface area (Å²) in [6.45, 7) is 1.17. The Morgan fingerprint density at radius 2 is 1.72 bits per heavy atom. The zero-order valence-electron chi connectivity index (χ0n) is 17.9. The van der Waals surface area contributed by atoms with Crippen molar-refractivity contribution >= 4 is 0 Å². The predicted octanol–water partition coefficient (Wildman–Crippen LogP) is 0.527. The Hall–Kier alpha value is -2.27. The number of methoxy groups -OCH3 is 1. The second-order valence-corrected chi connectivity index (χ2v) is 7.85. The van der Waals surface area contributed by atoms with Crippen molar-refractivity contribution < 1.29 is 44.1 Å². The van der Waals surface area contributed by atoms with Crippen LogP contribution in [0.1, 0.15) is 23.6 Å². The lowest BCUT2D eigenvalue weighted by Gasteiger charge is -2.41. The van der Waals surface area contributed by atoms with Crippen molar-refractivity contribution in [3.8, 4) is 11.5 Å². The standard InChI is InChI=1S/C23H29FO8/c1-12(26)22-20(28)19(27)21(29)23(32-22)31-18-11-14(7-8-25)10-17(24)16(18)9-13-3-5-15(30-2)6-4-13/h3-6,10-12,19-23,25-29H,7-9H2,1-2H3/t12-,19+,20+,21-,22-,23-/m1/s1. The van der Waals surface area contributed by atoms with E-state index in [1.54, 1.807) is 31.4 Å². The first-order valence-corrected chi connectivity index (χ1v) is 10.3.